The summed E-state index contributed by atoms with van der Waals surface area (Å²) >= 11 is 17.9. The topological polar surface area (TPSA) is 63.7 Å². The Labute approximate surface area is 168 Å². The Morgan fingerprint density at radius 1 is 1.04 bits per heavy atom. The lowest BCUT2D eigenvalue weighted by molar-refractivity contribution is -0.137. The minimum absolute atomic E-state index is 0.0305. The van der Waals surface area contributed by atoms with Crippen LogP contribution in [0.25, 0.3) is 0 Å². The molecule has 0 radical (unpaired) electrons. The van der Waals surface area contributed by atoms with Crippen LogP contribution in [0.3, 0.4) is 0 Å². The van der Waals surface area contributed by atoms with Crippen LogP contribution in [0.15, 0.2) is 12.1 Å². The van der Waals surface area contributed by atoms with Crippen molar-refractivity contribution in [3.63, 3.8) is 0 Å². The third-order valence-corrected chi connectivity index (χ3v) is 7.70. The van der Waals surface area contributed by atoms with Crippen molar-refractivity contribution in [3.05, 3.63) is 27.2 Å². The van der Waals surface area contributed by atoms with Crippen LogP contribution in [-0.4, -0.2) is 49.4 Å². The van der Waals surface area contributed by atoms with E-state index in [4.69, 9.17) is 39.5 Å². The van der Waals surface area contributed by atoms with E-state index in [1.165, 1.54) is 12.1 Å². The third-order valence-electron chi connectivity index (χ3n) is 4.93. The van der Waals surface area contributed by atoms with E-state index in [0.29, 0.717) is 11.4 Å². The molecule has 1 aromatic rings. The second kappa shape index (κ2) is 8.13. The van der Waals surface area contributed by atoms with Gasteiger partial charge in [0.05, 0.1) is 26.6 Å². The van der Waals surface area contributed by atoms with Crippen LogP contribution in [0.4, 0.5) is 0 Å². The molecular formula is C17H20Cl3NO4S. The van der Waals surface area contributed by atoms with Gasteiger partial charge in [0.15, 0.2) is 16.4 Å². The van der Waals surface area contributed by atoms with Crippen LogP contribution in [0.5, 0.6) is 5.75 Å². The first-order valence-corrected chi connectivity index (χ1v) is 11.5. The molecule has 1 saturated heterocycles. The van der Waals surface area contributed by atoms with Crippen LogP contribution < -0.4 is 4.74 Å². The molecule has 0 unspecified atom stereocenters. The molecule has 1 aliphatic heterocycles. The number of hydrogen-bond acceptors (Lipinski definition) is 4. The number of carbonyl (C=O) groups excluding carboxylic acids is 1. The number of hydrogen-bond donors (Lipinski definition) is 0. The molecule has 0 aromatic heterocycles. The summed E-state index contributed by atoms with van der Waals surface area (Å²) in [5, 5.41) is 0.857. The molecule has 0 bridgehead atoms. The number of amides is 1. The van der Waals surface area contributed by atoms with Crippen LogP contribution in [0.2, 0.25) is 15.1 Å². The lowest BCUT2D eigenvalue weighted by Crippen LogP contribution is -2.48. The molecule has 144 valence electrons. The fourth-order valence-electron chi connectivity index (χ4n) is 3.71. The SMILES string of the molecule is O=C(COc1cc(Cl)c(Cl)cc1Cl)N(C1CCCC1)[C@H]1CCS(=O)(=O)C1. The average Bonchev–Trinajstić information content (AvgIpc) is 3.20. The predicted octanol–water partition coefficient (Wildman–Crippen LogP) is 3.98. The Bertz CT molecular complexity index is 793. The van der Waals surface area contributed by atoms with Gasteiger partial charge < -0.3 is 9.64 Å². The molecule has 0 N–H and O–H groups in total. The molecular weight excluding hydrogens is 421 g/mol. The van der Waals surface area contributed by atoms with Crippen molar-refractivity contribution >= 4 is 50.5 Å². The van der Waals surface area contributed by atoms with Gasteiger partial charge in [0.2, 0.25) is 0 Å². The summed E-state index contributed by atoms with van der Waals surface area (Å²) in [6.45, 7) is -0.218. The highest BCUT2D eigenvalue weighted by Gasteiger charge is 2.39. The zero-order chi connectivity index (χ0) is 18.9. The number of ether oxygens (including phenoxy) is 1. The first-order chi connectivity index (χ1) is 12.3. The molecule has 1 saturated carbocycles. The second-order valence-electron chi connectivity index (χ2n) is 6.78. The number of sulfone groups is 1. The van der Waals surface area contributed by atoms with Gasteiger partial charge in [-0.05, 0) is 25.3 Å². The van der Waals surface area contributed by atoms with Crippen molar-refractivity contribution in [2.24, 2.45) is 0 Å². The van der Waals surface area contributed by atoms with E-state index in [-0.39, 0.29) is 51.9 Å². The fraction of sp³-hybridized carbons (Fsp3) is 0.588. The summed E-state index contributed by atoms with van der Waals surface area (Å²) < 4.78 is 29.3. The van der Waals surface area contributed by atoms with E-state index in [0.717, 1.165) is 25.7 Å². The Kier molecular flexibility index (Phi) is 6.27. The van der Waals surface area contributed by atoms with Gasteiger partial charge in [0, 0.05) is 18.2 Å². The zero-order valence-corrected chi connectivity index (χ0v) is 17.2. The number of carbonyl (C=O) groups is 1. The van der Waals surface area contributed by atoms with Gasteiger partial charge in [-0.25, -0.2) is 8.42 Å². The lowest BCUT2D eigenvalue weighted by atomic mass is 10.1. The minimum Gasteiger partial charge on any atom is -0.482 e. The maximum absolute atomic E-state index is 12.9. The molecule has 26 heavy (non-hydrogen) atoms. The molecule has 2 aliphatic rings. The van der Waals surface area contributed by atoms with Crippen molar-refractivity contribution in [2.45, 2.75) is 44.2 Å². The largest absolute Gasteiger partial charge is 0.482 e. The molecule has 1 amide bonds. The van der Waals surface area contributed by atoms with Gasteiger partial charge in [-0.3, -0.25) is 4.79 Å². The molecule has 2 fully saturated rings. The van der Waals surface area contributed by atoms with Crippen molar-refractivity contribution in [3.8, 4) is 5.75 Å². The lowest BCUT2D eigenvalue weighted by Gasteiger charge is -2.34. The maximum Gasteiger partial charge on any atom is 0.261 e. The first-order valence-electron chi connectivity index (χ1n) is 8.56. The van der Waals surface area contributed by atoms with Crippen LogP contribution >= 0.6 is 34.8 Å². The van der Waals surface area contributed by atoms with Crippen LogP contribution in [0.1, 0.15) is 32.1 Å². The number of benzene rings is 1. The van der Waals surface area contributed by atoms with E-state index in [2.05, 4.69) is 0 Å². The van der Waals surface area contributed by atoms with Crippen molar-refractivity contribution in [1.29, 1.82) is 0 Å². The van der Waals surface area contributed by atoms with Crippen molar-refractivity contribution < 1.29 is 17.9 Å². The molecule has 3 rings (SSSR count). The summed E-state index contributed by atoms with van der Waals surface area (Å²) in [5.41, 5.74) is 0. The molecule has 1 atom stereocenters. The molecule has 1 aromatic carbocycles. The first kappa shape index (κ1) is 20.1. The van der Waals surface area contributed by atoms with E-state index in [1.54, 1.807) is 4.90 Å². The highest BCUT2D eigenvalue weighted by molar-refractivity contribution is 7.91. The summed E-state index contributed by atoms with van der Waals surface area (Å²) in [5.74, 6) is 0.220. The normalized spacial score (nSPS) is 22.5. The average molecular weight is 441 g/mol. The summed E-state index contributed by atoms with van der Waals surface area (Å²) in [6, 6.07) is 2.74. The molecule has 5 nitrogen and oxygen atoms in total. The highest BCUT2D eigenvalue weighted by Crippen LogP contribution is 2.34. The number of halogens is 3. The van der Waals surface area contributed by atoms with E-state index in [1.807, 2.05) is 0 Å². The summed E-state index contributed by atoms with van der Waals surface area (Å²) in [4.78, 5) is 14.6. The Hall–Kier alpha value is -0.690. The fourth-order valence-corrected chi connectivity index (χ4v) is 6.01. The Balaban J connectivity index is 1.72. The number of rotatable bonds is 5. The Morgan fingerprint density at radius 3 is 2.31 bits per heavy atom. The molecule has 0 spiro atoms. The van der Waals surface area contributed by atoms with E-state index in [9.17, 15) is 13.2 Å². The summed E-state index contributed by atoms with van der Waals surface area (Å²) in [7, 11) is -3.08. The second-order valence-corrected chi connectivity index (χ2v) is 10.2. The van der Waals surface area contributed by atoms with Gasteiger partial charge >= 0.3 is 0 Å². The maximum atomic E-state index is 12.9. The monoisotopic (exact) mass is 439 g/mol. The quantitative estimate of drug-likeness (QED) is 0.650. The van der Waals surface area contributed by atoms with Gasteiger partial charge in [-0.1, -0.05) is 47.6 Å². The third kappa shape index (κ3) is 4.58. The van der Waals surface area contributed by atoms with E-state index < -0.39 is 9.84 Å². The predicted molar refractivity (Wildman–Crippen MR) is 103 cm³/mol. The minimum atomic E-state index is -3.08. The highest BCUT2D eigenvalue weighted by atomic mass is 35.5. The molecule has 9 heteroatoms. The van der Waals surface area contributed by atoms with Gasteiger partial charge in [-0.15, -0.1) is 0 Å². The molecule has 1 heterocycles. The van der Waals surface area contributed by atoms with Crippen molar-refractivity contribution in [2.75, 3.05) is 18.1 Å². The van der Waals surface area contributed by atoms with Crippen LogP contribution in [-0.2, 0) is 14.6 Å². The number of nitrogens with zero attached hydrogens (tertiary/aromatic N) is 1. The van der Waals surface area contributed by atoms with Gasteiger partial charge in [-0.2, -0.15) is 0 Å². The smallest absolute Gasteiger partial charge is 0.261 e. The van der Waals surface area contributed by atoms with Crippen molar-refractivity contribution in [1.82, 2.24) is 4.90 Å². The van der Waals surface area contributed by atoms with E-state index >= 15 is 0 Å². The zero-order valence-electron chi connectivity index (χ0n) is 14.1. The molecule has 1 aliphatic carbocycles. The summed E-state index contributed by atoms with van der Waals surface area (Å²) in [6.07, 6.45) is 4.38. The standard InChI is InChI=1S/C17H20Cl3NO4S/c18-13-7-15(20)16(8-14(13)19)25-9-17(22)21(11-3-1-2-4-11)12-5-6-26(23,24)10-12/h7-8,11-12H,1-6,9-10H2/t12-/m0/s1. The van der Waals surface area contributed by atoms with Gasteiger partial charge in [0.25, 0.3) is 5.91 Å². The van der Waals surface area contributed by atoms with Crippen LogP contribution in [0, 0.1) is 0 Å². The Morgan fingerprint density at radius 2 is 1.69 bits per heavy atom. The van der Waals surface area contributed by atoms with Gasteiger partial charge in [0.1, 0.15) is 5.75 Å².